The van der Waals surface area contributed by atoms with Crippen molar-refractivity contribution in [2.24, 2.45) is 5.73 Å². The van der Waals surface area contributed by atoms with E-state index in [1.165, 1.54) is 7.11 Å². The summed E-state index contributed by atoms with van der Waals surface area (Å²) in [6.45, 7) is 0.753. The first-order valence-electron chi connectivity index (χ1n) is 12.9. The summed E-state index contributed by atoms with van der Waals surface area (Å²) in [7, 11) is 1.27. The second kappa shape index (κ2) is 13.5. The van der Waals surface area contributed by atoms with E-state index in [1.54, 1.807) is 0 Å². The molecule has 9 heteroatoms. The standard InChI is InChI=1S/C30H34N4O5/c1-38-30(37)34-27(26(21-11-4-2-5-12-21)22-13-6-3-7-14-22)29(36)33-24-15-9-8-10-20(24)16-17-23-18-32-25(19-39-23)28(31)35/h2-15,23,25-27,32H,16-19H2,1H3,(H2,31,35)(H,33,36)(H,34,37). The van der Waals surface area contributed by atoms with Crippen LogP contribution in [-0.2, 0) is 25.5 Å². The zero-order valence-corrected chi connectivity index (χ0v) is 21.8. The van der Waals surface area contributed by atoms with E-state index in [9.17, 15) is 14.4 Å². The Kier molecular flexibility index (Phi) is 9.66. The van der Waals surface area contributed by atoms with E-state index in [0.29, 0.717) is 25.1 Å². The van der Waals surface area contributed by atoms with E-state index in [0.717, 1.165) is 16.7 Å². The molecule has 5 N–H and O–H groups in total. The van der Waals surface area contributed by atoms with Gasteiger partial charge < -0.3 is 31.2 Å². The summed E-state index contributed by atoms with van der Waals surface area (Å²) in [6, 6.07) is 25.3. The SMILES string of the molecule is COC(=O)NC(C(=O)Nc1ccccc1CCC1CNC(C(N)=O)CO1)C(c1ccccc1)c1ccccc1. The minimum atomic E-state index is -0.952. The van der Waals surface area contributed by atoms with Crippen molar-refractivity contribution in [2.75, 3.05) is 25.6 Å². The summed E-state index contributed by atoms with van der Waals surface area (Å²) in [5.74, 6) is -1.26. The molecule has 1 saturated heterocycles. The van der Waals surface area contributed by atoms with Gasteiger partial charge in [-0.1, -0.05) is 78.9 Å². The van der Waals surface area contributed by atoms with Crippen molar-refractivity contribution in [2.45, 2.75) is 36.9 Å². The number of alkyl carbamates (subject to hydrolysis) is 1. The Morgan fingerprint density at radius 2 is 1.59 bits per heavy atom. The molecule has 204 valence electrons. The first-order chi connectivity index (χ1) is 19.0. The van der Waals surface area contributed by atoms with Crippen LogP contribution in [0.5, 0.6) is 0 Å². The third kappa shape index (κ3) is 7.43. The summed E-state index contributed by atoms with van der Waals surface area (Å²) < 4.78 is 10.7. The number of anilines is 1. The topological polar surface area (TPSA) is 132 Å². The first-order valence-corrected chi connectivity index (χ1v) is 12.9. The Hall–Kier alpha value is -4.21. The second-order valence-electron chi connectivity index (χ2n) is 9.42. The predicted octanol–water partition coefficient (Wildman–Crippen LogP) is 2.96. The molecule has 3 atom stereocenters. The van der Waals surface area contributed by atoms with Crippen LogP contribution in [0.25, 0.3) is 0 Å². The van der Waals surface area contributed by atoms with Gasteiger partial charge in [0.15, 0.2) is 0 Å². The van der Waals surface area contributed by atoms with Crippen molar-refractivity contribution in [1.82, 2.24) is 10.6 Å². The molecule has 1 aliphatic heterocycles. The number of primary amides is 1. The molecule has 0 aliphatic carbocycles. The van der Waals surface area contributed by atoms with E-state index in [2.05, 4.69) is 16.0 Å². The molecule has 3 unspecified atom stereocenters. The van der Waals surface area contributed by atoms with Crippen LogP contribution >= 0.6 is 0 Å². The molecule has 1 aliphatic rings. The number of morpholine rings is 1. The number of nitrogens with two attached hydrogens (primary N) is 1. The first kappa shape index (κ1) is 27.8. The van der Waals surface area contributed by atoms with E-state index in [-0.39, 0.29) is 18.6 Å². The minimum Gasteiger partial charge on any atom is -0.453 e. The van der Waals surface area contributed by atoms with Crippen LogP contribution in [0.2, 0.25) is 0 Å². The van der Waals surface area contributed by atoms with Gasteiger partial charge in [-0.25, -0.2) is 4.79 Å². The molecule has 39 heavy (non-hydrogen) atoms. The Bertz CT molecular complexity index is 1210. The molecule has 1 fully saturated rings. The third-order valence-corrected chi connectivity index (χ3v) is 6.84. The highest BCUT2D eigenvalue weighted by molar-refractivity contribution is 5.98. The van der Waals surface area contributed by atoms with Gasteiger partial charge in [-0.15, -0.1) is 0 Å². The van der Waals surface area contributed by atoms with E-state index in [1.807, 2.05) is 84.9 Å². The van der Waals surface area contributed by atoms with Crippen molar-refractivity contribution in [1.29, 1.82) is 0 Å². The molecule has 0 aromatic heterocycles. The number of carbonyl (C=O) groups is 3. The summed E-state index contributed by atoms with van der Waals surface area (Å²) in [6.07, 6.45) is 0.543. The van der Waals surface area contributed by atoms with Crippen molar-refractivity contribution < 1.29 is 23.9 Å². The van der Waals surface area contributed by atoms with Crippen molar-refractivity contribution in [3.63, 3.8) is 0 Å². The van der Waals surface area contributed by atoms with Crippen LogP contribution in [0.15, 0.2) is 84.9 Å². The van der Waals surface area contributed by atoms with Gasteiger partial charge in [0.05, 0.1) is 19.8 Å². The molecule has 3 aromatic rings. The lowest BCUT2D eigenvalue weighted by molar-refractivity contribution is -0.124. The number of hydrogen-bond acceptors (Lipinski definition) is 6. The normalized spacial score (nSPS) is 17.7. The van der Waals surface area contributed by atoms with Gasteiger partial charge in [-0.3, -0.25) is 9.59 Å². The zero-order chi connectivity index (χ0) is 27.6. The minimum absolute atomic E-state index is 0.0846. The monoisotopic (exact) mass is 530 g/mol. The van der Waals surface area contributed by atoms with E-state index in [4.69, 9.17) is 15.2 Å². The van der Waals surface area contributed by atoms with Gasteiger partial charge in [-0.05, 0) is 35.6 Å². The number of para-hydroxylation sites is 1. The van der Waals surface area contributed by atoms with Gasteiger partial charge in [-0.2, -0.15) is 0 Å². The molecule has 3 aromatic carbocycles. The largest absolute Gasteiger partial charge is 0.453 e. The number of methoxy groups -OCH3 is 1. The fourth-order valence-electron chi connectivity index (χ4n) is 4.76. The molecule has 0 radical (unpaired) electrons. The summed E-state index contributed by atoms with van der Waals surface area (Å²) in [5, 5.41) is 8.92. The van der Waals surface area contributed by atoms with Crippen LogP contribution in [0, 0.1) is 0 Å². The van der Waals surface area contributed by atoms with Crippen molar-refractivity contribution in [3.05, 3.63) is 102 Å². The average molecular weight is 531 g/mol. The van der Waals surface area contributed by atoms with Crippen LogP contribution in [-0.4, -0.2) is 56.4 Å². The number of rotatable bonds is 10. The fraction of sp³-hybridized carbons (Fsp3) is 0.300. The Morgan fingerprint density at radius 1 is 0.974 bits per heavy atom. The third-order valence-electron chi connectivity index (χ3n) is 6.84. The molecule has 0 bridgehead atoms. The second-order valence-corrected chi connectivity index (χ2v) is 9.42. The summed E-state index contributed by atoms with van der Waals surface area (Å²) in [4.78, 5) is 37.6. The molecular formula is C30H34N4O5. The highest BCUT2D eigenvalue weighted by atomic mass is 16.5. The molecule has 9 nitrogen and oxygen atoms in total. The van der Waals surface area contributed by atoms with Gasteiger partial charge in [0.2, 0.25) is 11.8 Å². The van der Waals surface area contributed by atoms with Crippen molar-refractivity contribution in [3.8, 4) is 0 Å². The van der Waals surface area contributed by atoms with E-state index < -0.39 is 30.0 Å². The molecule has 3 amide bonds. The van der Waals surface area contributed by atoms with Gasteiger partial charge >= 0.3 is 6.09 Å². The smallest absolute Gasteiger partial charge is 0.407 e. The molecule has 0 spiro atoms. The molecule has 1 heterocycles. The van der Waals surface area contributed by atoms with Gasteiger partial charge in [0, 0.05) is 18.2 Å². The lowest BCUT2D eigenvalue weighted by Gasteiger charge is -2.29. The average Bonchev–Trinajstić information content (AvgIpc) is 2.97. The van der Waals surface area contributed by atoms with E-state index >= 15 is 0 Å². The number of ether oxygens (including phenoxy) is 2. The van der Waals surface area contributed by atoms with Crippen LogP contribution in [0.1, 0.15) is 29.0 Å². The molecular weight excluding hydrogens is 496 g/mol. The Balaban J connectivity index is 1.54. The highest BCUT2D eigenvalue weighted by Crippen LogP contribution is 2.30. The van der Waals surface area contributed by atoms with Crippen LogP contribution in [0.4, 0.5) is 10.5 Å². The fourth-order valence-corrected chi connectivity index (χ4v) is 4.76. The highest BCUT2D eigenvalue weighted by Gasteiger charge is 2.33. The van der Waals surface area contributed by atoms with Gasteiger partial charge in [0.25, 0.3) is 0 Å². The Labute approximate surface area is 228 Å². The number of benzene rings is 3. The summed E-state index contributed by atoms with van der Waals surface area (Å²) >= 11 is 0. The predicted molar refractivity (Wildman–Crippen MR) is 148 cm³/mol. The maximum Gasteiger partial charge on any atom is 0.407 e. The van der Waals surface area contributed by atoms with Crippen LogP contribution in [0.3, 0.4) is 0 Å². The molecule has 4 rings (SSSR count). The maximum atomic E-state index is 13.9. The quantitative estimate of drug-likeness (QED) is 0.319. The van der Waals surface area contributed by atoms with Crippen LogP contribution < -0.4 is 21.7 Å². The Morgan fingerprint density at radius 3 is 2.15 bits per heavy atom. The van der Waals surface area contributed by atoms with Crippen molar-refractivity contribution >= 4 is 23.6 Å². The number of amides is 3. The summed E-state index contributed by atoms with van der Waals surface area (Å²) in [5.41, 5.74) is 8.69. The maximum absolute atomic E-state index is 13.9. The molecule has 0 saturated carbocycles. The number of hydrogen-bond donors (Lipinski definition) is 4. The number of carbonyl (C=O) groups excluding carboxylic acids is 3. The lowest BCUT2D eigenvalue weighted by atomic mass is 9.84. The van der Waals surface area contributed by atoms with Gasteiger partial charge in [0.1, 0.15) is 12.1 Å². The lowest BCUT2D eigenvalue weighted by Crippen LogP contribution is -2.52. The zero-order valence-electron chi connectivity index (χ0n) is 21.8. The number of aryl methyl sites for hydroxylation is 1. The number of nitrogens with one attached hydrogen (secondary N) is 3.